The van der Waals surface area contributed by atoms with Gasteiger partial charge in [-0.1, -0.05) is 0 Å². The summed E-state index contributed by atoms with van der Waals surface area (Å²) in [5.74, 6) is 0. The molecule has 50 valence electrons. The number of nitrogens with zero attached hydrogens (tertiary/aromatic N) is 2. The first-order chi connectivity index (χ1) is 4.74. The SMILES string of the molecule is N#Cc1ccc([N+](=O)O)s1. The van der Waals surface area contributed by atoms with Gasteiger partial charge in [0.2, 0.25) is 0 Å². The molecule has 0 amide bonds. The fourth-order valence-corrected chi connectivity index (χ4v) is 1.11. The van der Waals surface area contributed by atoms with Crippen molar-refractivity contribution in [2.45, 2.75) is 0 Å². The van der Waals surface area contributed by atoms with E-state index in [1.165, 1.54) is 12.1 Å². The fourth-order valence-electron chi connectivity index (χ4n) is 0.491. The molecule has 1 N–H and O–H groups in total. The molecule has 1 aromatic rings. The maximum Gasteiger partial charge on any atom is 0.372 e. The summed E-state index contributed by atoms with van der Waals surface area (Å²) >= 11 is 0.943. The van der Waals surface area contributed by atoms with Crippen LogP contribution in [0.4, 0.5) is 5.00 Å². The molecule has 10 heavy (non-hydrogen) atoms. The molecular weight excluding hydrogens is 152 g/mol. The van der Waals surface area contributed by atoms with E-state index in [0.717, 1.165) is 11.3 Å². The molecule has 0 aliphatic heterocycles. The van der Waals surface area contributed by atoms with Crippen LogP contribution in [0.25, 0.3) is 0 Å². The molecule has 0 aromatic carbocycles. The van der Waals surface area contributed by atoms with Gasteiger partial charge < -0.3 is 0 Å². The van der Waals surface area contributed by atoms with E-state index < -0.39 is 0 Å². The first kappa shape index (κ1) is 6.71. The van der Waals surface area contributed by atoms with Crippen LogP contribution in [0.2, 0.25) is 0 Å². The number of hydrogen-bond acceptors (Lipinski definition) is 3. The van der Waals surface area contributed by atoms with Gasteiger partial charge in [0, 0.05) is 6.07 Å². The molecule has 1 aromatic heterocycles. The highest BCUT2D eigenvalue weighted by atomic mass is 32.1. The van der Waals surface area contributed by atoms with Crippen LogP contribution < -0.4 is 0 Å². The Morgan fingerprint density at radius 1 is 1.70 bits per heavy atom. The molecule has 4 nitrogen and oxygen atoms in total. The van der Waals surface area contributed by atoms with E-state index in [0.29, 0.717) is 4.88 Å². The predicted octanol–water partition coefficient (Wildman–Crippen LogP) is 1.42. The van der Waals surface area contributed by atoms with Crippen molar-refractivity contribution in [2.24, 2.45) is 0 Å². The van der Waals surface area contributed by atoms with Gasteiger partial charge in [-0.2, -0.15) is 5.26 Å². The Morgan fingerprint density at radius 2 is 2.40 bits per heavy atom. The molecule has 1 heterocycles. The summed E-state index contributed by atoms with van der Waals surface area (Å²) in [6, 6.07) is 4.70. The Balaban J connectivity index is 3.02. The number of thiophene rings is 1. The molecule has 0 bridgehead atoms. The predicted molar refractivity (Wildman–Crippen MR) is 34.1 cm³/mol. The second-order valence-electron chi connectivity index (χ2n) is 1.52. The van der Waals surface area contributed by atoms with Crippen molar-refractivity contribution in [3.05, 3.63) is 21.9 Å². The average molecular weight is 155 g/mol. The Kier molecular flexibility index (Phi) is 1.65. The Labute approximate surface area is 60.5 Å². The van der Waals surface area contributed by atoms with Crippen molar-refractivity contribution in [1.82, 2.24) is 0 Å². The van der Waals surface area contributed by atoms with Gasteiger partial charge in [-0.3, -0.25) is 0 Å². The van der Waals surface area contributed by atoms with Gasteiger partial charge >= 0.3 is 5.00 Å². The first-order valence-electron chi connectivity index (χ1n) is 2.40. The minimum absolute atomic E-state index is 0.122. The number of nitriles is 1. The number of hydrogen-bond donors (Lipinski definition) is 1. The van der Waals surface area contributed by atoms with Crippen LogP contribution in [0.3, 0.4) is 0 Å². The van der Waals surface area contributed by atoms with Gasteiger partial charge in [0.1, 0.15) is 10.9 Å². The highest BCUT2D eigenvalue weighted by Crippen LogP contribution is 2.21. The van der Waals surface area contributed by atoms with Gasteiger partial charge in [0.05, 0.1) is 4.91 Å². The van der Waals surface area contributed by atoms with Crippen molar-refractivity contribution >= 4 is 16.3 Å². The summed E-state index contributed by atoms with van der Waals surface area (Å²) in [6.07, 6.45) is 0. The van der Waals surface area contributed by atoms with Gasteiger partial charge in [-0.25, -0.2) is 5.21 Å². The molecule has 5 heteroatoms. The van der Waals surface area contributed by atoms with Crippen molar-refractivity contribution in [1.29, 1.82) is 5.26 Å². The first-order valence-corrected chi connectivity index (χ1v) is 3.22. The largest absolute Gasteiger partial charge is 0.372 e. The zero-order valence-corrected chi connectivity index (χ0v) is 5.63. The van der Waals surface area contributed by atoms with Gasteiger partial charge in [0.25, 0.3) is 4.92 Å². The molecule has 0 saturated heterocycles. The molecule has 1 rings (SSSR count). The van der Waals surface area contributed by atoms with E-state index in [1.807, 2.05) is 6.07 Å². The molecular formula is C5H3N2O2S+. The molecule has 0 aliphatic rings. The monoisotopic (exact) mass is 155 g/mol. The third kappa shape index (κ3) is 1.11. The Hall–Kier alpha value is -1.41. The third-order valence-electron chi connectivity index (χ3n) is 0.891. The average Bonchev–Trinajstić information content (AvgIpc) is 2.34. The fraction of sp³-hybridized carbons (Fsp3) is 0. The van der Waals surface area contributed by atoms with E-state index in [2.05, 4.69) is 0 Å². The Morgan fingerprint density at radius 3 is 2.70 bits per heavy atom. The van der Waals surface area contributed by atoms with E-state index in [4.69, 9.17) is 10.5 Å². The summed E-state index contributed by atoms with van der Waals surface area (Å²) in [4.78, 5) is 10.3. The summed E-state index contributed by atoms with van der Waals surface area (Å²) in [6.45, 7) is 0. The topological polar surface area (TPSA) is 64.1 Å². The maximum atomic E-state index is 10.1. The van der Waals surface area contributed by atoms with Crippen LogP contribution in [0.5, 0.6) is 0 Å². The summed E-state index contributed by atoms with van der Waals surface area (Å²) in [5.41, 5.74) is 0. The van der Waals surface area contributed by atoms with E-state index in [-0.39, 0.29) is 9.92 Å². The van der Waals surface area contributed by atoms with Gasteiger partial charge in [-0.05, 0) is 17.4 Å². The number of rotatable bonds is 1. The van der Waals surface area contributed by atoms with Gasteiger partial charge in [-0.15, -0.1) is 0 Å². The zero-order valence-electron chi connectivity index (χ0n) is 4.81. The minimum atomic E-state index is -0.258. The molecule has 0 fully saturated rings. The van der Waals surface area contributed by atoms with E-state index in [1.54, 1.807) is 0 Å². The molecule has 0 unspecified atom stereocenters. The maximum absolute atomic E-state index is 10.1. The van der Waals surface area contributed by atoms with E-state index >= 15 is 0 Å². The van der Waals surface area contributed by atoms with Crippen LogP contribution in [0, 0.1) is 16.2 Å². The van der Waals surface area contributed by atoms with Crippen molar-refractivity contribution in [2.75, 3.05) is 0 Å². The molecule has 0 radical (unpaired) electrons. The third-order valence-corrected chi connectivity index (χ3v) is 1.84. The van der Waals surface area contributed by atoms with Crippen LogP contribution in [-0.2, 0) is 0 Å². The van der Waals surface area contributed by atoms with Crippen LogP contribution in [-0.4, -0.2) is 10.1 Å². The standard InChI is InChI=1S/C5H3N2O2S/c6-3-4-1-2-5(10-4)7(8)9/h1-2H,(H,8,9)/q+1. The molecule has 0 atom stereocenters. The van der Waals surface area contributed by atoms with Gasteiger partial charge in [0.15, 0.2) is 0 Å². The van der Waals surface area contributed by atoms with Crippen LogP contribution in [0.1, 0.15) is 4.88 Å². The summed E-state index contributed by atoms with van der Waals surface area (Å²) in [7, 11) is 0. The Bertz CT molecular complexity index is 299. The highest BCUT2D eigenvalue weighted by Gasteiger charge is 2.14. The van der Waals surface area contributed by atoms with Crippen molar-refractivity contribution < 1.29 is 10.1 Å². The summed E-state index contributed by atoms with van der Waals surface area (Å²) < 4.78 is 0. The smallest absolute Gasteiger partial charge is 0.240 e. The highest BCUT2D eigenvalue weighted by molar-refractivity contribution is 7.15. The zero-order chi connectivity index (χ0) is 7.56. The lowest BCUT2D eigenvalue weighted by Crippen LogP contribution is -1.85. The lowest BCUT2D eigenvalue weighted by Gasteiger charge is -1.68. The molecule has 0 saturated carbocycles. The normalized spacial score (nSPS) is 8.70. The van der Waals surface area contributed by atoms with Crippen LogP contribution in [0.15, 0.2) is 12.1 Å². The van der Waals surface area contributed by atoms with Crippen LogP contribution >= 0.6 is 11.3 Å². The van der Waals surface area contributed by atoms with E-state index in [9.17, 15) is 4.91 Å². The lowest BCUT2D eigenvalue weighted by molar-refractivity contribution is -0.727. The molecule has 0 aliphatic carbocycles. The quantitative estimate of drug-likeness (QED) is 0.623. The lowest BCUT2D eigenvalue weighted by atomic mass is 10.5. The van der Waals surface area contributed by atoms with Crippen molar-refractivity contribution in [3.8, 4) is 6.07 Å². The summed E-state index contributed by atoms with van der Waals surface area (Å²) in [5, 5.41) is 16.7. The minimum Gasteiger partial charge on any atom is -0.240 e. The second kappa shape index (κ2) is 2.45. The molecule has 0 spiro atoms. The second-order valence-corrected chi connectivity index (χ2v) is 2.58. The van der Waals surface area contributed by atoms with Crippen molar-refractivity contribution in [3.63, 3.8) is 0 Å².